The summed E-state index contributed by atoms with van der Waals surface area (Å²) < 4.78 is 26.9. The molecule has 0 spiro atoms. The Morgan fingerprint density at radius 3 is 2.48 bits per heavy atom. The van der Waals surface area contributed by atoms with Crippen LogP contribution in [0.25, 0.3) is 0 Å². The Morgan fingerprint density at radius 2 is 2.00 bits per heavy atom. The summed E-state index contributed by atoms with van der Waals surface area (Å²) in [4.78, 5) is 13.7. The van der Waals surface area contributed by atoms with Crippen LogP contribution in [0.4, 0.5) is 0 Å². The Hall–Kier alpha value is -1.71. The summed E-state index contributed by atoms with van der Waals surface area (Å²) in [5.74, 6) is -0.443. The fourth-order valence-corrected chi connectivity index (χ4v) is 2.60. The van der Waals surface area contributed by atoms with Crippen LogP contribution in [0.5, 0.6) is 0 Å². The maximum Gasteiger partial charge on any atom is 0.475 e. The SMILES string of the molecule is COP(=O)(OC)OC(C(=O)N1CC1C#N)c1ccccc1. The summed E-state index contributed by atoms with van der Waals surface area (Å²) in [6, 6.07) is 10.1. The van der Waals surface area contributed by atoms with Gasteiger partial charge in [-0.1, -0.05) is 30.3 Å². The lowest BCUT2D eigenvalue weighted by Gasteiger charge is -2.21. The minimum atomic E-state index is -3.83. The van der Waals surface area contributed by atoms with Crippen LogP contribution in [0.1, 0.15) is 11.7 Å². The molecule has 2 atom stereocenters. The van der Waals surface area contributed by atoms with Crippen LogP contribution in [0.3, 0.4) is 0 Å². The Kier molecular flexibility index (Phi) is 4.76. The van der Waals surface area contributed by atoms with Crippen LogP contribution in [0, 0.1) is 11.3 Å². The van der Waals surface area contributed by atoms with Crippen LogP contribution < -0.4 is 0 Å². The number of nitriles is 1. The van der Waals surface area contributed by atoms with E-state index < -0.39 is 25.9 Å². The molecule has 0 bridgehead atoms. The van der Waals surface area contributed by atoms with Crippen LogP contribution in [-0.2, 0) is 22.9 Å². The molecule has 0 saturated carbocycles. The zero-order valence-corrected chi connectivity index (χ0v) is 12.5. The molecule has 8 heteroatoms. The van der Waals surface area contributed by atoms with Gasteiger partial charge in [0.05, 0.1) is 12.6 Å². The summed E-state index contributed by atoms with van der Waals surface area (Å²) in [6.45, 7) is 0.340. The predicted octanol–water partition coefficient (Wildman–Crippen LogP) is 1.88. The molecule has 21 heavy (non-hydrogen) atoms. The average molecular weight is 310 g/mol. The molecule has 112 valence electrons. The standard InChI is InChI=1S/C13H15N2O5P/c1-18-21(17,19-2)20-12(10-6-4-3-5-7-10)13(16)15-9-11(15)8-14/h3-7,11-12H,9H2,1-2H3. The smallest absolute Gasteiger partial charge is 0.319 e. The number of rotatable bonds is 6. The molecule has 1 fully saturated rings. The van der Waals surface area contributed by atoms with Crippen molar-refractivity contribution in [3.05, 3.63) is 35.9 Å². The highest BCUT2D eigenvalue weighted by molar-refractivity contribution is 7.48. The van der Waals surface area contributed by atoms with Crippen LogP contribution >= 0.6 is 7.82 Å². The number of nitrogens with zero attached hydrogens (tertiary/aromatic N) is 2. The summed E-state index contributed by atoms with van der Waals surface area (Å²) in [6.07, 6.45) is -1.14. The fraction of sp³-hybridized carbons (Fsp3) is 0.385. The number of hydrogen-bond donors (Lipinski definition) is 0. The number of benzene rings is 1. The first-order chi connectivity index (χ1) is 10.0. The van der Waals surface area contributed by atoms with E-state index in [1.807, 2.05) is 6.07 Å². The number of phosphoric ester groups is 1. The van der Waals surface area contributed by atoms with Crippen molar-refractivity contribution in [2.24, 2.45) is 0 Å². The first-order valence-electron chi connectivity index (χ1n) is 6.19. The lowest BCUT2D eigenvalue weighted by molar-refractivity contribution is -0.134. The van der Waals surface area contributed by atoms with E-state index in [1.165, 1.54) is 19.1 Å². The average Bonchev–Trinajstić information content (AvgIpc) is 3.32. The number of hydrogen-bond acceptors (Lipinski definition) is 6. The Labute approximate surface area is 122 Å². The highest BCUT2D eigenvalue weighted by Gasteiger charge is 2.45. The van der Waals surface area contributed by atoms with E-state index in [0.717, 1.165) is 0 Å². The molecule has 1 aromatic rings. The molecule has 1 heterocycles. The normalized spacial score (nSPS) is 18.9. The zero-order chi connectivity index (χ0) is 15.5. The highest BCUT2D eigenvalue weighted by Crippen LogP contribution is 2.52. The van der Waals surface area contributed by atoms with Crippen molar-refractivity contribution in [1.82, 2.24) is 4.90 Å². The molecule has 0 N–H and O–H groups in total. The summed E-state index contributed by atoms with van der Waals surface area (Å²) in [5, 5.41) is 8.81. The van der Waals surface area contributed by atoms with Gasteiger partial charge in [0.15, 0.2) is 6.10 Å². The van der Waals surface area contributed by atoms with E-state index in [9.17, 15) is 9.36 Å². The van der Waals surface area contributed by atoms with Crippen molar-refractivity contribution >= 4 is 13.7 Å². The molecule has 0 aliphatic carbocycles. The lowest BCUT2D eigenvalue weighted by atomic mass is 10.1. The quantitative estimate of drug-likeness (QED) is 0.589. The molecule has 1 saturated heterocycles. The minimum absolute atomic E-state index is 0.340. The lowest BCUT2D eigenvalue weighted by Crippen LogP contribution is -2.24. The molecule has 2 unspecified atom stereocenters. The number of carbonyl (C=O) groups is 1. The second kappa shape index (κ2) is 6.37. The predicted molar refractivity (Wildman–Crippen MR) is 73.0 cm³/mol. The monoisotopic (exact) mass is 310 g/mol. The number of amides is 1. The number of carbonyl (C=O) groups excluding carboxylic acids is 1. The van der Waals surface area contributed by atoms with E-state index in [1.54, 1.807) is 30.3 Å². The minimum Gasteiger partial charge on any atom is -0.319 e. The van der Waals surface area contributed by atoms with Gasteiger partial charge in [-0.15, -0.1) is 0 Å². The van der Waals surface area contributed by atoms with E-state index in [0.29, 0.717) is 12.1 Å². The van der Waals surface area contributed by atoms with Crippen LogP contribution in [0.2, 0.25) is 0 Å². The Morgan fingerprint density at radius 1 is 1.38 bits per heavy atom. The molecule has 0 aromatic heterocycles. The molecular formula is C13H15N2O5P. The van der Waals surface area contributed by atoms with Gasteiger partial charge in [0.25, 0.3) is 5.91 Å². The maximum atomic E-state index is 12.4. The largest absolute Gasteiger partial charge is 0.475 e. The third kappa shape index (κ3) is 3.49. The third-order valence-electron chi connectivity index (χ3n) is 3.05. The van der Waals surface area contributed by atoms with Gasteiger partial charge in [-0.3, -0.25) is 18.4 Å². The van der Waals surface area contributed by atoms with Gasteiger partial charge in [-0.2, -0.15) is 5.26 Å². The van der Waals surface area contributed by atoms with E-state index in [4.69, 9.17) is 18.8 Å². The van der Waals surface area contributed by atoms with Crippen molar-refractivity contribution < 1.29 is 22.9 Å². The van der Waals surface area contributed by atoms with Gasteiger partial charge in [0, 0.05) is 14.2 Å². The molecule has 2 rings (SSSR count). The molecular weight excluding hydrogens is 295 g/mol. The van der Waals surface area contributed by atoms with E-state index >= 15 is 0 Å². The van der Waals surface area contributed by atoms with Gasteiger partial charge in [-0.25, -0.2) is 4.57 Å². The summed E-state index contributed by atoms with van der Waals surface area (Å²) in [7, 11) is -1.48. The van der Waals surface area contributed by atoms with Gasteiger partial charge in [0.2, 0.25) is 0 Å². The number of phosphoric acid groups is 1. The van der Waals surface area contributed by atoms with Crippen LogP contribution in [0.15, 0.2) is 30.3 Å². The van der Waals surface area contributed by atoms with Crippen molar-refractivity contribution in [3.63, 3.8) is 0 Å². The molecule has 1 aliphatic heterocycles. The van der Waals surface area contributed by atoms with E-state index in [-0.39, 0.29) is 0 Å². The molecule has 1 amide bonds. The van der Waals surface area contributed by atoms with Crippen molar-refractivity contribution in [3.8, 4) is 6.07 Å². The van der Waals surface area contributed by atoms with Gasteiger partial charge in [0.1, 0.15) is 6.04 Å². The third-order valence-corrected chi connectivity index (χ3v) is 4.42. The van der Waals surface area contributed by atoms with Crippen molar-refractivity contribution in [2.75, 3.05) is 20.8 Å². The summed E-state index contributed by atoms with van der Waals surface area (Å²) in [5.41, 5.74) is 0.514. The topological polar surface area (TPSA) is 88.6 Å². The first-order valence-corrected chi connectivity index (χ1v) is 7.65. The van der Waals surface area contributed by atoms with Crippen molar-refractivity contribution in [2.45, 2.75) is 12.1 Å². The molecule has 0 radical (unpaired) electrons. The summed E-state index contributed by atoms with van der Waals surface area (Å²) >= 11 is 0. The highest BCUT2D eigenvalue weighted by atomic mass is 31.2. The first kappa shape index (κ1) is 15.7. The Balaban J connectivity index is 2.26. The van der Waals surface area contributed by atoms with E-state index in [2.05, 4.69) is 0 Å². The van der Waals surface area contributed by atoms with Crippen LogP contribution in [-0.4, -0.2) is 37.6 Å². The maximum absolute atomic E-state index is 12.4. The molecule has 1 aliphatic rings. The van der Waals surface area contributed by atoms with Gasteiger partial charge >= 0.3 is 7.82 Å². The van der Waals surface area contributed by atoms with Gasteiger partial charge in [-0.05, 0) is 5.56 Å². The van der Waals surface area contributed by atoms with Gasteiger partial charge < -0.3 is 4.90 Å². The zero-order valence-electron chi connectivity index (χ0n) is 11.6. The molecule has 1 aromatic carbocycles. The second-order valence-electron chi connectivity index (χ2n) is 4.34. The van der Waals surface area contributed by atoms with Crippen molar-refractivity contribution in [1.29, 1.82) is 5.26 Å². The molecule has 7 nitrogen and oxygen atoms in total. The second-order valence-corrected chi connectivity index (χ2v) is 6.18. The fourth-order valence-electron chi connectivity index (χ4n) is 1.81. The Bertz CT molecular complexity index is 592.